The van der Waals surface area contributed by atoms with E-state index in [2.05, 4.69) is 15.5 Å². The Bertz CT molecular complexity index is 612. The second-order valence-corrected chi connectivity index (χ2v) is 5.24. The number of rotatable bonds is 6. The van der Waals surface area contributed by atoms with Crippen molar-refractivity contribution >= 4 is 17.5 Å². The third kappa shape index (κ3) is 4.04. The first-order chi connectivity index (χ1) is 10.1. The van der Waals surface area contributed by atoms with Crippen molar-refractivity contribution in [1.29, 1.82) is 0 Å². The number of aromatic nitrogens is 2. The number of hydrogen-bond acceptors (Lipinski definition) is 4. The maximum atomic E-state index is 11.7. The molecule has 0 saturated carbocycles. The first kappa shape index (κ1) is 15.5. The van der Waals surface area contributed by atoms with Crippen molar-refractivity contribution < 1.29 is 9.32 Å². The van der Waals surface area contributed by atoms with Gasteiger partial charge in [0.05, 0.1) is 5.02 Å². The van der Waals surface area contributed by atoms with Gasteiger partial charge in [0.1, 0.15) is 6.04 Å². The summed E-state index contributed by atoms with van der Waals surface area (Å²) in [5.41, 5.74) is 0.707. The van der Waals surface area contributed by atoms with Crippen LogP contribution in [0.15, 0.2) is 28.8 Å². The lowest BCUT2D eigenvalue weighted by Crippen LogP contribution is -2.26. The number of nitrogens with one attached hydrogen (secondary N) is 1. The summed E-state index contributed by atoms with van der Waals surface area (Å²) in [6.07, 6.45) is 2.36. The number of halogens is 1. The van der Waals surface area contributed by atoms with E-state index in [1.807, 2.05) is 32.0 Å². The molecule has 0 spiro atoms. The molecular weight excluding hydrogens is 290 g/mol. The average Bonchev–Trinajstić information content (AvgIpc) is 2.95. The fourth-order valence-electron chi connectivity index (χ4n) is 1.88. The number of amides is 1. The average molecular weight is 308 g/mol. The molecule has 0 bridgehead atoms. The predicted molar refractivity (Wildman–Crippen MR) is 80.8 cm³/mol. The third-order valence-electron chi connectivity index (χ3n) is 3.06. The van der Waals surface area contributed by atoms with E-state index in [-0.39, 0.29) is 11.9 Å². The normalized spacial score (nSPS) is 12.1. The van der Waals surface area contributed by atoms with Gasteiger partial charge in [-0.3, -0.25) is 4.79 Å². The summed E-state index contributed by atoms with van der Waals surface area (Å²) in [6.45, 7) is 3.86. The summed E-state index contributed by atoms with van der Waals surface area (Å²) in [4.78, 5) is 16.0. The molecule has 21 heavy (non-hydrogen) atoms. The van der Waals surface area contributed by atoms with E-state index in [0.29, 0.717) is 28.7 Å². The Morgan fingerprint density at radius 3 is 2.90 bits per heavy atom. The molecule has 1 atom stereocenters. The molecule has 1 amide bonds. The molecule has 6 heteroatoms. The van der Waals surface area contributed by atoms with Crippen molar-refractivity contribution in [1.82, 2.24) is 15.5 Å². The molecule has 2 aromatic rings. The van der Waals surface area contributed by atoms with Crippen molar-refractivity contribution in [2.45, 2.75) is 39.2 Å². The first-order valence-electron chi connectivity index (χ1n) is 6.99. The highest BCUT2D eigenvalue weighted by molar-refractivity contribution is 6.33. The van der Waals surface area contributed by atoms with Crippen LogP contribution in [0.4, 0.5) is 0 Å². The van der Waals surface area contributed by atoms with Gasteiger partial charge in [0, 0.05) is 12.0 Å². The number of benzene rings is 1. The molecule has 0 saturated heterocycles. The molecule has 112 valence electrons. The molecule has 0 aliphatic heterocycles. The van der Waals surface area contributed by atoms with Crippen LogP contribution < -0.4 is 5.32 Å². The Kier molecular flexibility index (Phi) is 5.33. The standard InChI is InChI=1S/C15H18ClN3O2/c1-3-4-9-13(20)17-10(2)15-18-14(19-21-15)11-7-5-6-8-12(11)16/h5-8,10H,3-4,9H2,1-2H3,(H,17,20)/t10-/m1/s1. The zero-order valence-corrected chi connectivity index (χ0v) is 12.9. The van der Waals surface area contributed by atoms with Gasteiger partial charge in [-0.1, -0.05) is 42.2 Å². The van der Waals surface area contributed by atoms with Crippen molar-refractivity contribution in [3.8, 4) is 11.4 Å². The van der Waals surface area contributed by atoms with E-state index in [4.69, 9.17) is 16.1 Å². The van der Waals surface area contributed by atoms with E-state index >= 15 is 0 Å². The van der Waals surface area contributed by atoms with Gasteiger partial charge >= 0.3 is 0 Å². The van der Waals surface area contributed by atoms with Gasteiger partial charge in [-0.15, -0.1) is 0 Å². The van der Waals surface area contributed by atoms with E-state index in [0.717, 1.165) is 12.8 Å². The predicted octanol–water partition coefficient (Wildman–Crippen LogP) is 3.76. The zero-order chi connectivity index (χ0) is 15.2. The Labute approximate surface area is 128 Å². The van der Waals surface area contributed by atoms with Crippen LogP contribution in [0, 0.1) is 0 Å². The van der Waals surface area contributed by atoms with Crippen LogP contribution in [-0.4, -0.2) is 16.0 Å². The highest BCUT2D eigenvalue weighted by Crippen LogP contribution is 2.25. The molecule has 1 aromatic carbocycles. The summed E-state index contributed by atoms with van der Waals surface area (Å²) in [5, 5.41) is 7.32. The zero-order valence-electron chi connectivity index (χ0n) is 12.1. The van der Waals surface area contributed by atoms with Crippen molar-refractivity contribution in [3.05, 3.63) is 35.2 Å². The number of carbonyl (C=O) groups excluding carboxylic acids is 1. The molecule has 2 rings (SSSR count). The first-order valence-corrected chi connectivity index (χ1v) is 7.37. The summed E-state index contributed by atoms with van der Waals surface area (Å²) in [5.74, 6) is 0.780. The summed E-state index contributed by atoms with van der Waals surface area (Å²) in [6, 6.07) is 6.96. The maximum Gasteiger partial charge on any atom is 0.249 e. The maximum absolute atomic E-state index is 11.7. The number of nitrogens with zero attached hydrogens (tertiary/aromatic N) is 2. The fraction of sp³-hybridized carbons (Fsp3) is 0.400. The largest absolute Gasteiger partial charge is 0.345 e. The second-order valence-electron chi connectivity index (χ2n) is 4.83. The monoisotopic (exact) mass is 307 g/mol. The topological polar surface area (TPSA) is 68.0 Å². The van der Waals surface area contributed by atoms with Crippen LogP contribution in [0.1, 0.15) is 45.0 Å². The Morgan fingerprint density at radius 2 is 2.19 bits per heavy atom. The van der Waals surface area contributed by atoms with Gasteiger partial charge in [-0.05, 0) is 25.5 Å². The molecule has 1 N–H and O–H groups in total. The fourth-order valence-corrected chi connectivity index (χ4v) is 2.10. The molecule has 0 radical (unpaired) electrons. The minimum Gasteiger partial charge on any atom is -0.345 e. The lowest BCUT2D eigenvalue weighted by atomic mass is 10.2. The van der Waals surface area contributed by atoms with Crippen LogP contribution in [-0.2, 0) is 4.79 Å². The van der Waals surface area contributed by atoms with Crippen molar-refractivity contribution in [2.75, 3.05) is 0 Å². The molecule has 0 fully saturated rings. The van der Waals surface area contributed by atoms with Gasteiger partial charge in [-0.25, -0.2) is 0 Å². The number of unbranched alkanes of at least 4 members (excludes halogenated alkanes) is 1. The summed E-state index contributed by atoms with van der Waals surface area (Å²) in [7, 11) is 0. The lowest BCUT2D eigenvalue weighted by molar-refractivity contribution is -0.122. The van der Waals surface area contributed by atoms with Crippen LogP contribution in [0.2, 0.25) is 5.02 Å². The van der Waals surface area contributed by atoms with E-state index in [1.165, 1.54) is 0 Å². The second kappa shape index (κ2) is 7.22. The summed E-state index contributed by atoms with van der Waals surface area (Å²) >= 11 is 6.10. The van der Waals surface area contributed by atoms with Gasteiger partial charge < -0.3 is 9.84 Å². The molecule has 1 heterocycles. The van der Waals surface area contributed by atoms with Crippen LogP contribution in [0.25, 0.3) is 11.4 Å². The molecular formula is C15H18ClN3O2. The molecule has 0 aliphatic carbocycles. The molecule has 0 aliphatic rings. The van der Waals surface area contributed by atoms with Crippen LogP contribution >= 0.6 is 11.6 Å². The van der Waals surface area contributed by atoms with Gasteiger partial charge in [0.2, 0.25) is 17.6 Å². The highest BCUT2D eigenvalue weighted by atomic mass is 35.5. The highest BCUT2D eigenvalue weighted by Gasteiger charge is 2.18. The molecule has 0 unspecified atom stereocenters. The molecule has 1 aromatic heterocycles. The van der Waals surface area contributed by atoms with Gasteiger partial charge in [0.25, 0.3) is 0 Å². The number of hydrogen-bond donors (Lipinski definition) is 1. The Morgan fingerprint density at radius 1 is 1.43 bits per heavy atom. The Hall–Kier alpha value is -1.88. The SMILES string of the molecule is CCCCC(=O)N[C@H](C)c1nc(-c2ccccc2Cl)no1. The quantitative estimate of drug-likeness (QED) is 0.882. The van der Waals surface area contributed by atoms with Crippen LogP contribution in [0.3, 0.4) is 0 Å². The Balaban J connectivity index is 2.06. The van der Waals surface area contributed by atoms with Crippen molar-refractivity contribution in [3.63, 3.8) is 0 Å². The van der Waals surface area contributed by atoms with E-state index in [9.17, 15) is 4.79 Å². The third-order valence-corrected chi connectivity index (χ3v) is 3.39. The lowest BCUT2D eigenvalue weighted by Gasteiger charge is -2.08. The van der Waals surface area contributed by atoms with Gasteiger partial charge in [0.15, 0.2) is 0 Å². The van der Waals surface area contributed by atoms with E-state index in [1.54, 1.807) is 6.07 Å². The number of carbonyl (C=O) groups is 1. The van der Waals surface area contributed by atoms with Crippen LogP contribution in [0.5, 0.6) is 0 Å². The smallest absolute Gasteiger partial charge is 0.249 e. The van der Waals surface area contributed by atoms with Gasteiger partial charge in [-0.2, -0.15) is 4.98 Å². The minimum atomic E-state index is -0.321. The minimum absolute atomic E-state index is 0.0122. The molecule has 5 nitrogen and oxygen atoms in total. The summed E-state index contributed by atoms with van der Waals surface area (Å²) < 4.78 is 5.21. The van der Waals surface area contributed by atoms with E-state index < -0.39 is 0 Å². The van der Waals surface area contributed by atoms with Crippen molar-refractivity contribution in [2.24, 2.45) is 0 Å².